The van der Waals surface area contributed by atoms with Gasteiger partial charge in [0.25, 0.3) is 0 Å². The molecule has 0 aliphatic rings. The molecule has 0 aliphatic heterocycles. The number of hydrogen-bond acceptors (Lipinski definition) is 2. The molecule has 272 valence electrons. The van der Waals surface area contributed by atoms with Gasteiger partial charge in [0.2, 0.25) is 0 Å². The minimum atomic E-state index is 0.896. The van der Waals surface area contributed by atoms with Crippen LogP contribution in [-0.4, -0.2) is 0 Å². The molecule has 0 radical (unpaired) electrons. The van der Waals surface area contributed by atoms with Crippen LogP contribution in [0.5, 0.6) is 0 Å². The number of fused-ring (bicyclic) bond motifs is 6. The molecule has 0 atom stereocenters. The summed E-state index contributed by atoms with van der Waals surface area (Å²) in [6.07, 6.45) is 0. The van der Waals surface area contributed by atoms with Crippen LogP contribution in [0.15, 0.2) is 229 Å². The number of nitrogens with zero attached hydrogens (tertiary/aromatic N) is 1. The summed E-state index contributed by atoms with van der Waals surface area (Å²) in [4.78, 5) is 2.36. The molecule has 0 N–H and O–H groups in total. The van der Waals surface area contributed by atoms with Gasteiger partial charge in [-0.1, -0.05) is 182 Å². The second-order valence-electron chi connectivity index (χ2n) is 14.8. The Morgan fingerprint density at radius 3 is 1.52 bits per heavy atom. The Balaban J connectivity index is 1.03. The predicted octanol–water partition coefficient (Wildman–Crippen LogP) is 16.0. The van der Waals surface area contributed by atoms with Gasteiger partial charge in [0.1, 0.15) is 11.2 Å². The van der Waals surface area contributed by atoms with Crippen molar-refractivity contribution in [3.63, 3.8) is 0 Å². The average Bonchev–Trinajstić information content (AvgIpc) is 3.69. The highest BCUT2D eigenvalue weighted by Gasteiger charge is 2.20. The molecule has 0 unspecified atom stereocenters. The molecule has 1 aromatic heterocycles. The van der Waals surface area contributed by atoms with Gasteiger partial charge in [0.05, 0.1) is 5.69 Å². The summed E-state index contributed by atoms with van der Waals surface area (Å²) in [6.45, 7) is 0. The van der Waals surface area contributed by atoms with Crippen molar-refractivity contribution in [3.8, 4) is 44.5 Å². The molecule has 0 bridgehead atoms. The monoisotopic (exact) mass is 739 g/mol. The summed E-state index contributed by atoms with van der Waals surface area (Å²) in [6, 6.07) is 80.4. The first kappa shape index (κ1) is 33.6. The maximum absolute atomic E-state index is 6.94. The first-order valence-corrected chi connectivity index (χ1v) is 19.8. The van der Waals surface area contributed by atoms with E-state index in [0.717, 1.165) is 55.5 Å². The van der Waals surface area contributed by atoms with E-state index in [9.17, 15) is 0 Å². The Hall–Kier alpha value is -7.68. The molecule has 58 heavy (non-hydrogen) atoms. The van der Waals surface area contributed by atoms with E-state index < -0.39 is 0 Å². The molecule has 0 saturated carbocycles. The number of anilines is 3. The van der Waals surface area contributed by atoms with Crippen molar-refractivity contribution < 1.29 is 4.42 Å². The zero-order chi connectivity index (χ0) is 38.4. The number of para-hydroxylation sites is 2. The standard InChI is InChI=1S/C56H37NO/c1-4-16-38(17-5-1)41-20-14-21-42(36-41)52-37-53-51-29-15-28-46(55(51)58-56(53)50-27-13-11-25-48(50)52)40-30-32-44(33-31-40)57(43-22-8-3-9-23-43)54-35-34-45(39-18-6-2-7-19-39)47-24-10-12-26-49(47)54/h1-37H. The van der Waals surface area contributed by atoms with Gasteiger partial charge < -0.3 is 9.32 Å². The smallest absolute Gasteiger partial charge is 0.143 e. The molecule has 11 rings (SSSR count). The Kier molecular flexibility index (Phi) is 8.19. The van der Waals surface area contributed by atoms with Crippen molar-refractivity contribution in [1.82, 2.24) is 0 Å². The van der Waals surface area contributed by atoms with Crippen molar-refractivity contribution >= 4 is 60.5 Å². The molecule has 0 amide bonds. The lowest BCUT2D eigenvalue weighted by Crippen LogP contribution is -2.10. The molecule has 0 fully saturated rings. The van der Waals surface area contributed by atoms with Crippen LogP contribution in [0.25, 0.3) is 88.0 Å². The predicted molar refractivity (Wildman–Crippen MR) is 245 cm³/mol. The number of furan rings is 1. The van der Waals surface area contributed by atoms with Crippen molar-refractivity contribution in [1.29, 1.82) is 0 Å². The second-order valence-corrected chi connectivity index (χ2v) is 14.8. The topological polar surface area (TPSA) is 16.4 Å². The molecule has 0 saturated heterocycles. The number of hydrogen-bond donors (Lipinski definition) is 0. The molecular weight excluding hydrogens is 703 g/mol. The van der Waals surface area contributed by atoms with Crippen LogP contribution < -0.4 is 4.90 Å². The van der Waals surface area contributed by atoms with E-state index in [1.165, 1.54) is 49.5 Å². The Morgan fingerprint density at radius 1 is 0.259 bits per heavy atom. The van der Waals surface area contributed by atoms with E-state index in [2.05, 4.69) is 229 Å². The van der Waals surface area contributed by atoms with E-state index in [0.29, 0.717) is 0 Å². The SMILES string of the molecule is c1ccc(-c2cccc(-c3cc4c5cccc(-c6ccc(N(c7ccccc7)c7ccc(-c8ccccc8)c8ccccc78)cc6)c5oc4c4ccccc34)c2)cc1. The fourth-order valence-electron chi connectivity index (χ4n) is 8.72. The Morgan fingerprint density at radius 2 is 0.776 bits per heavy atom. The maximum Gasteiger partial charge on any atom is 0.143 e. The lowest BCUT2D eigenvalue weighted by molar-refractivity contribution is 0.674. The van der Waals surface area contributed by atoms with Gasteiger partial charge in [0, 0.05) is 38.5 Å². The van der Waals surface area contributed by atoms with Crippen molar-refractivity contribution in [3.05, 3.63) is 224 Å². The summed E-state index contributed by atoms with van der Waals surface area (Å²) in [5.74, 6) is 0. The van der Waals surface area contributed by atoms with Gasteiger partial charge in [-0.25, -0.2) is 0 Å². The Bertz CT molecular complexity index is 3260. The summed E-state index contributed by atoms with van der Waals surface area (Å²) >= 11 is 0. The van der Waals surface area contributed by atoms with Gasteiger partial charge in [-0.2, -0.15) is 0 Å². The van der Waals surface area contributed by atoms with Crippen LogP contribution >= 0.6 is 0 Å². The van der Waals surface area contributed by atoms with Crippen LogP contribution in [0.2, 0.25) is 0 Å². The van der Waals surface area contributed by atoms with Gasteiger partial charge in [-0.3, -0.25) is 0 Å². The highest BCUT2D eigenvalue weighted by Crippen LogP contribution is 2.45. The Labute approximate surface area is 337 Å². The van der Waals surface area contributed by atoms with Crippen LogP contribution in [0.1, 0.15) is 0 Å². The van der Waals surface area contributed by atoms with Crippen LogP contribution in [0.4, 0.5) is 17.1 Å². The average molecular weight is 740 g/mol. The van der Waals surface area contributed by atoms with Crippen molar-refractivity contribution in [2.45, 2.75) is 0 Å². The molecular formula is C56H37NO. The summed E-state index contributed by atoms with van der Waals surface area (Å²) in [5, 5.41) is 6.94. The van der Waals surface area contributed by atoms with Crippen LogP contribution in [-0.2, 0) is 0 Å². The minimum absolute atomic E-state index is 0.896. The van der Waals surface area contributed by atoms with E-state index in [1.807, 2.05) is 0 Å². The van der Waals surface area contributed by atoms with Crippen molar-refractivity contribution in [2.75, 3.05) is 4.90 Å². The van der Waals surface area contributed by atoms with E-state index in [-0.39, 0.29) is 0 Å². The minimum Gasteiger partial charge on any atom is -0.455 e. The third-order valence-corrected chi connectivity index (χ3v) is 11.5. The molecule has 0 spiro atoms. The highest BCUT2D eigenvalue weighted by atomic mass is 16.3. The largest absolute Gasteiger partial charge is 0.455 e. The normalized spacial score (nSPS) is 11.4. The van der Waals surface area contributed by atoms with Gasteiger partial charge in [-0.05, 0) is 92.2 Å². The van der Waals surface area contributed by atoms with E-state index in [4.69, 9.17) is 4.42 Å². The second kappa shape index (κ2) is 14.1. The quantitative estimate of drug-likeness (QED) is 0.162. The van der Waals surface area contributed by atoms with Gasteiger partial charge >= 0.3 is 0 Å². The van der Waals surface area contributed by atoms with Gasteiger partial charge in [-0.15, -0.1) is 0 Å². The number of benzene rings is 10. The summed E-state index contributed by atoms with van der Waals surface area (Å²) in [7, 11) is 0. The molecule has 0 aliphatic carbocycles. The first-order chi connectivity index (χ1) is 28.8. The number of rotatable bonds is 7. The van der Waals surface area contributed by atoms with Crippen LogP contribution in [0, 0.1) is 0 Å². The maximum atomic E-state index is 6.94. The van der Waals surface area contributed by atoms with E-state index in [1.54, 1.807) is 0 Å². The van der Waals surface area contributed by atoms with E-state index >= 15 is 0 Å². The van der Waals surface area contributed by atoms with Crippen molar-refractivity contribution in [2.24, 2.45) is 0 Å². The lowest BCUT2D eigenvalue weighted by Gasteiger charge is -2.27. The molecule has 2 nitrogen and oxygen atoms in total. The first-order valence-electron chi connectivity index (χ1n) is 19.8. The van der Waals surface area contributed by atoms with Crippen LogP contribution in [0.3, 0.4) is 0 Å². The highest BCUT2D eigenvalue weighted by molar-refractivity contribution is 6.20. The zero-order valence-corrected chi connectivity index (χ0v) is 31.7. The third-order valence-electron chi connectivity index (χ3n) is 11.5. The van der Waals surface area contributed by atoms with Gasteiger partial charge in [0.15, 0.2) is 0 Å². The summed E-state index contributed by atoms with van der Waals surface area (Å²) in [5.41, 5.74) is 14.5. The molecule has 10 aromatic carbocycles. The fraction of sp³-hybridized carbons (Fsp3) is 0. The molecule has 1 heterocycles. The molecule has 2 heteroatoms. The fourth-order valence-corrected chi connectivity index (χ4v) is 8.72. The summed E-state index contributed by atoms with van der Waals surface area (Å²) < 4.78 is 6.94. The lowest BCUT2D eigenvalue weighted by atomic mass is 9.93. The molecule has 11 aromatic rings. The zero-order valence-electron chi connectivity index (χ0n) is 31.7. The third kappa shape index (κ3) is 5.74.